The van der Waals surface area contributed by atoms with E-state index in [1.54, 1.807) is 25.1 Å². The maximum Gasteiger partial charge on any atom is 0.339 e. The number of esters is 1. The van der Waals surface area contributed by atoms with Gasteiger partial charge in [0.2, 0.25) is 0 Å². The van der Waals surface area contributed by atoms with Crippen LogP contribution in [-0.4, -0.2) is 28.4 Å². The van der Waals surface area contributed by atoms with Crippen LogP contribution in [0.25, 0.3) is 10.9 Å². The van der Waals surface area contributed by atoms with E-state index < -0.39 is 34.9 Å². The number of carbonyl (C=O) groups is 2. The Hall–Kier alpha value is -3.88. The molecule has 3 aromatic rings. The van der Waals surface area contributed by atoms with Crippen LogP contribution in [0, 0.1) is 22.9 Å². The van der Waals surface area contributed by atoms with E-state index in [2.05, 4.69) is 10.3 Å². The van der Waals surface area contributed by atoms with Gasteiger partial charge >= 0.3 is 5.97 Å². The molecule has 0 unspecified atom stereocenters. The molecule has 0 aliphatic carbocycles. The van der Waals surface area contributed by atoms with Crippen LogP contribution in [0.4, 0.5) is 15.8 Å². The molecule has 2 aromatic carbocycles. The molecule has 0 radical (unpaired) electrons. The minimum Gasteiger partial charge on any atom is -0.452 e. The zero-order valence-corrected chi connectivity index (χ0v) is 16.3. The van der Waals surface area contributed by atoms with Crippen molar-refractivity contribution in [1.82, 2.24) is 4.98 Å². The van der Waals surface area contributed by atoms with E-state index >= 15 is 0 Å². The van der Waals surface area contributed by atoms with Crippen molar-refractivity contribution in [3.8, 4) is 0 Å². The molecule has 9 heteroatoms. The number of aryl methyl sites for hydroxylation is 1. The number of benzene rings is 2. The zero-order chi connectivity index (χ0) is 21.8. The molecule has 0 saturated heterocycles. The van der Waals surface area contributed by atoms with Crippen molar-refractivity contribution >= 4 is 34.2 Å². The first-order valence-electron chi connectivity index (χ1n) is 9.11. The normalized spacial score (nSPS) is 10.6. The summed E-state index contributed by atoms with van der Waals surface area (Å²) in [6.07, 6.45) is 0.617. The molecule has 0 bridgehead atoms. The van der Waals surface area contributed by atoms with Crippen LogP contribution in [-0.2, 0) is 16.0 Å². The molecule has 30 heavy (non-hydrogen) atoms. The number of nitrogens with one attached hydrogen (secondary N) is 1. The molecule has 0 atom stereocenters. The third-order valence-electron chi connectivity index (χ3n) is 4.54. The van der Waals surface area contributed by atoms with Crippen LogP contribution >= 0.6 is 0 Å². The maximum atomic E-state index is 13.2. The Morgan fingerprint density at radius 2 is 1.97 bits per heavy atom. The Morgan fingerprint density at radius 3 is 2.67 bits per heavy atom. The number of halogens is 1. The second kappa shape index (κ2) is 8.64. The highest BCUT2D eigenvalue weighted by Gasteiger charge is 2.21. The number of amides is 1. The number of nitrogens with zero attached hydrogens (tertiary/aromatic N) is 2. The Kier molecular flexibility index (Phi) is 6.01. The van der Waals surface area contributed by atoms with Crippen molar-refractivity contribution in [2.75, 3.05) is 11.9 Å². The lowest BCUT2D eigenvalue weighted by Gasteiger charge is -2.13. The highest BCUT2D eigenvalue weighted by molar-refractivity contribution is 6.06. The second-order valence-corrected chi connectivity index (χ2v) is 6.47. The number of carbonyl (C=O) groups excluding carboxylic acids is 2. The van der Waals surface area contributed by atoms with Crippen molar-refractivity contribution in [3.05, 3.63) is 75.2 Å². The number of aromatic nitrogens is 1. The van der Waals surface area contributed by atoms with Gasteiger partial charge in [-0.1, -0.05) is 25.1 Å². The summed E-state index contributed by atoms with van der Waals surface area (Å²) in [5.41, 5.74) is 1.57. The number of anilines is 1. The lowest BCUT2D eigenvalue weighted by atomic mass is 10.0. The van der Waals surface area contributed by atoms with E-state index in [1.807, 2.05) is 13.0 Å². The second-order valence-electron chi connectivity index (χ2n) is 6.47. The number of hydrogen-bond donors (Lipinski definition) is 1. The summed E-state index contributed by atoms with van der Waals surface area (Å²) in [5.74, 6) is -2.30. The van der Waals surface area contributed by atoms with Gasteiger partial charge in [-0.05, 0) is 37.1 Å². The third-order valence-corrected chi connectivity index (χ3v) is 4.54. The topological polar surface area (TPSA) is 111 Å². The summed E-state index contributed by atoms with van der Waals surface area (Å²) in [4.78, 5) is 39.6. The predicted octanol–water partition coefficient (Wildman–Crippen LogP) is 3.95. The van der Waals surface area contributed by atoms with Gasteiger partial charge in [-0.2, -0.15) is 0 Å². The SMILES string of the molecule is CCc1nc2ccccc2c(C(=O)OCC(=O)Nc2ccc(F)cc2[N+](=O)[O-])c1C. The van der Waals surface area contributed by atoms with E-state index in [-0.39, 0.29) is 5.69 Å². The highest BCUT2D eigenvalue weighted by atomic mass is 19.1. The average Bonchev–Trinajstić information content (AvgIpc) is 2.72. The fraction of sp³-hybridized carbons (Fsp3) is 0.190. The molecule has 0 saturated carbocycles. The van der Waals surface area contributed by atoms with Gasteiger partial charge in [0.25, 0.3) is 11.6 Å². The highest BCUT2D eigenvalue weighted by Crippen LogP contribution is 2.26. The summed E-state index contributed by atoms with van der Waals surface area (Å²) < 4.78 is 18.4. The fourth-order valence-electron chi connectivity index (χ4n) is 3.12. The van der Waals surface area contributed by atoms with Gasteiger partial charge in [0.05, 0.1) is 22.1 Å². The van der Waals surface area contributed by atoms with Crippen LogP contribution in [0.5, 0.6) is 0 Å². The van der Waals surface area contributed by atoms with E-state index in [0.717, 1.165) is 17.8 Å². The Bertz CT molecular complexity index is 1160. The van der Waals surface area contributed by atoms with Crippen LogP contribution < -0.4 is 5.32 Å². The third kappa shape index (κ3) is 4.24. The molecule has 1 N–H and O–H groups in total. The first kappa shape index (κ1) is 20.8. The predicted molar refractivity (Wildman–Crippen MR) is 108 cm³/mol. The number of rotatable bonds is 6. The van der Waals surface area contributed by atoms with Gasteiger partial charge in [-0.3, -0.25) is 19.9 Å². The monoisotopic (exact) mass is 411 g/mol. The maximum absolute atomic E-state index is 13.2. The van der Waals surface area contributed by atoms with Crippen LogP contribution in [0.1, 0.15) is 28.5 Å². The Balaban J connectivity index is 1.79. The smallest absolute Gasteiger partial charge is 0.339 e. The average molecular weight is 411 g/mol. The Morgan fingerprint density at radius 1 is 1.23 bits per heavy atom. The van der Waals surface area contributed by atoms with E-state index in [1.165, 1.54) is 0 Å². The number of nitro benzene ring substituents is 1. The van der Waals surface area contributed by atoms with E-state index in [4.69, 9.17) is 4.74 Å². The van der Waals surface area contributed by atoms with Crippen LogP contribution in [0.15, 0.2) is 42.5 Å². The van der Waals surface area contributed by atoms with Gasteiger partial charge in [0, 0.05) is 11.1 Å². The first-order chi connectivity index (χ1) is 14.3. The minimum atomic E-state index is -0.816. The quantitative estimate of drug-likeness (QED) is 0.373. The van der Waals surface area contributed by atoms with Gasteiger partial charge in [0.1, 0.15) is 11.5 Å². The van der Waals surface area contributed by atoms with Crippen molar-refractivity contribution in [1.29, 1.82) is 0 Å². The van der Waals surface area contributed by atoms with Crippen molar-refractivity contribution in [3.63, 3.8) is 0 Å². The molecule has 8 nitrogen and oxygen atoms in total. The molecule has 0 spiro atoms. The summed E-state index contributed by atoms with van der Waals surface area (Å²) in [7, 11) is 0. The number of fused-ring (bicyclic) bond motifs is 1. The molecule has 0 aliphatic heterocycles. The number of nitro groups is 1. The lowest BCUT2D eigenvalue weighted by Crippen LogP contribution is -2.22. The van der Waals surface area contributed by atoms with E-state index in [0.29, 0.717) is 34.5 Å². The molecular formula is C21H18FN3O5. The first-order valence-corrected chi connectivity index (χ1v) is 9.11. The molecule has 0 aliphatic rings. The molecule has 154 valence electrons. The molecular weight excluding hydrogens is 393 g/mol. The van der Waals surface area contributed by atoms with Gasteiger partial charge in [-0.25, -0.2) is 9.18 Å². The van der Waals surface area contributed by atoms with Gasteiger partial charge < -0.3 is 10.1 Å². The number of pyridine rings is 1. The van der Waals surface area contributed by atoms with Crippen molar-refractivity contribution < 1.29 is 23.6 Å². The van der Waals surface area contributed by atoms with Crippen molar-refractivity contribution in [2.45, 2.75) is 20.3 Å². The molecule has 3 rings (SSSR count). The largest absolute Gasteiger partial charge is 0.452 e. The zero-order valence-electron chi connectivity index (χ0n) is 16.3. The fourth-order valence-corrected chi connectivity index (χ4v) is 3.12. The molecule has 1 aromatic heterocycles. The van der Waals surface area contributed by atoms with Crippen molar-refractivity contribution in [2.24, 2.45) is 0 Å². The molecule has 0 fully saturated rings. The summed E-state index contributed by atoms with van der Waals surface area (Å²) in [6.45, 7) is 3.02. The summed E-state index contributed by atoms with van der Waals surface area (Å²) in [6, 6.07) is 9.85. The van der Waals surface area contributed by atoms with Crippen LogP contribution in [0.3, 0.4) is 0 Å². The standard InChI is InChI=1S/C21H18FN3O5/c1-3-15-12(2)20(14-6-4-5-7-16(14)23-15)21(27)30-11-19(26)24-17-9-8-13(22)10-18(17)25(28)29/h4-10H,3,11H2,1-2H3,(H,24,26). The summed E-state index contributed by atoms with van der Waals surface area (Å²) >= 11 is 0. The lowest BCUT2D eigenvalue weighted by molar-refractivity contribution is -0.384. The number of hydrogen-bond acceptors (Lipinski definition) is 6. The number of ether oxygens (including phenoxy) is 1. The molecule has 1 heterocycles. The van der Waals surface area contributed by atoms with Crippen LogP contribution in [0.2, 0.25) is 0 Å². The summed E-state index contributed by atoms with van der Waals surface area (Å²) in [5, 5.41) is 13.9. The van der Waals surface area contributed by atoms with Gasteiger partial charge in [-0.15, -0.1) is 0 Å². The number of para-hydroxylation sites is 1. The minimum absolute atomic E-state index is 0.193. The van der Waals surface area contributed by atoms with Gasteiger partial charge in [0.15, 0.2) is 6.61 Å². The Labute approximate surface area is 170 Å². The molecule has 1 amide bonds. The van der Waals surface area contributed by atoms with E-state index in [9.17, 15) is 24.1 Å².